The molecule has 2 aromatic rings. The van der Waals surface area contributed by atoms with Crippen molar-refractivity contribution in [3.8, 4) is 16.9 Å². The summed E-state index contributed by atoms with van der Waals surface area (Å²) in [6.07, 6.45) is 4.31. The van der Waals surface area contributed by atoms with E-state index in [0.717, 1.165) is 0 Å². The van der Waals surface area contributed by atoms with Crippen LogP contribution < -0.4 is 4.74 Å². The molecular weight excluding hydrogens is 214 g/mol. The van der Waals surface area contributed by atoms with Gasteiger partial charge in [-0.15, -0.1) is 0 Å². The van der Waals surface area contributed by atoms with Gasteiger partial charge in [0.25, 0.3) is 0 Å². The van der Waals surface area contributed by atoms with Crippen LogP contribution in [-0.4, -0.2) is 17.1 Å². The maximum Gasteiger partial charge on any atom is 0.190 e. The molecule has 0 unspecified atom stereocenters. The standard InChI is InChI=1S/C11H8F2N2O/c1-16-11-9(12)2-7(3-10(11)13)8-4-14-6-15-5-8/h2-6H,1H3. The first-order chi connectivity index (χ1) is 7.72. The van der Waals surface area contributed by atoms with Crippen LogP contribution in [0.3, 0.4) is 0 Å². The molecule has 3 nitrogen and oxygen atoms in total. The van der Waals surface area contributed by atoms with Crippen LogP contribution in [0.1, 0.15) is 0 Å². The SMILES string of the molecule is COc1c(F)cc(-c2cncnc2)cc1F. The Labute approximate surface area is 90.7 Å². The van der Waals surface area contributed by atoms with E-state index in [4.69, 9.17) is 0 Å². The molecule has 0 aliphatic heterocycles. The number of halogens is 2. The second-order valence-corrected chi connectivity index (χ2v) is 3.10. The van der Waals surface area contributed by atoms with Gasteiger partial charge in [-0.1, -0.05) is 0 Å². The molecule has 0 N–H and O–H groups in total. The monoisotopic (exact) mass is 222 g/mol. The van der Waals surface area contributed by atoms with Gasteiger partial charge in [-0.05, 0) is 17.7 Å². The molecular formula is C11H8F2N2O. The summed E-state index contributed by atoms with van der Waals surface area (Å²) in [5.41, 5.74) is 0.916. The zero-order valence-electron chi connectivity index (χ0n) is 8.45. The van der Waals surface area contributed by atoms with Crippen LogP contribution in [0.2, 0.25) is 0 Å². The Hall–Kier alpha value is -2.04. The summed E-state index contributed by atoms with van der Waals surface area (Å²) in [5.74, 6) is -1.89. The quantitative estimate of drug-likeness (QED) is 0.782. The van der Waals surface area contributed by atoms with E-state index in [1.807, 2.05) is 0 Å². The average molecular weight is 222 g/mol. The van der Waals surface area contributed by atoms with Crippen LogP contribution in [0, 0.1) is 11.6 Å². The van der Waals surface area contributed by atoms with E-state index in [1.54, 1.807) is 0 Å². The molecule has 0 fully saturated rings. The fraction of sp³-hybridized carbons (Fsp3) is 0.0909. The highest BCUT2D eigenvalue weighted by molar-refractivity contribution is 5.62. The van der Waals surface area contributed by atoms with Gasteiger partial charge in [0.15, 0.2) is 17.4 Å². The molecule has 16 heavy (non-hydrogen) atoms. The maximum atomic E-state index is 13.4. The molecule has 2 rings (SSSR count). The predicted octanol–water partition coefficient (Wildman–Crippen LogP) is 2.43. The smallest absolute Gasteiger partial charge is 0.190 e. The van der Waals surface area contributed by atoms with Gasteiger partial charge in [0, 0.05) is 18.0 Å². The minimum atomic E-state index is -0.749. The third-order valence-corrected chi connectivity index (χ3v) is 2.10. The first kappa shape index (κ1) is 10.5. The number of methoxy groups -OCH3 is 1. The van der Waals surface area contributed by atoms with Crippen molar-refractivity contribution in [1.82, 2.24) is 9.97 Å². The average Bonchev–Trinajstić information content (AvgIpc) is 2.30. The van der Waals surface area contributed by atoms with Gasteiger partial charge in [-0.2, -0.15) is 0 Å². The minimum absolute atomic E-state index is 0.372. The Morgan fingerprint density at radius 3 is 2.06 bits per heavy atom. The van der Waals surface area contributed by atoms with E-state index in [-0.39, 0.29) is 5.75 Å². The topological polar surface area (TPSA) is 35.0 Å². The van der Waals surface area contributed by atoms with E-state index in [1.165, 1.54) is 38.0 Å². The summed E-state index contributed by atoms with van der Waals surface area (Å²) in [6.45, 7) is 0. The summed E-state index contributed by atoms with van der Waals surface area (Å²) in [7, 11) is 1.22. The molecule has 5 heteroatoms. The zero-order chi connectivity index (χ0) is 11.5. The van der Waals surface area contributed by atoms with Crippen molar-refractivity contribution >= 4 is 0 Å². The van der Waals surface area contributed by atoms with Gasteiger partial charge in [-0.3, -0.25) is 0 Å². The van der Waals surface area contributed by atoms with E-state index in [0.29, 0.717) is 11.1 Å². The van der Waals surface area contributed by atoms with E-state index >= 15 is 0 Å². The number of ether oxygens (including phenoxy) is 1. The lowest BCUT2D eigenvalue weighted by molar-refractivity contribution is 0.360. The number of rotatable bonds is 2. The first-order valence-electron chi connectivity index (χ1n) is 4.51. The summed E-state index contributed by atoms with van der Waals surface area (Å²) in [5, 5.41) is 0. The molecule has 0 radical (unpaired) electrons. The van der Waals surface area contributed by atoms with E-state index in [2.05, 4.69) is 14.7 Å². The number of hydrogen-bond donors (Lipinski definition) is 0. The second-order valence-electron chi connectivity index (χ2n) is 3.10. The maximum absolute atomic E-state index is 13.4. The number of aromatic nitrogens is 2. The Morgan fingerprint density at radius 1 is 1.00 bits per heavy atom. The van der Waals surface area contributed by atoms with E-state index in [9.17, 15) is 8.78 Å². The van der Waals surface area contributed by atoms with Crippen molar-refractivity contribution in [1.29, 1.82) is 0 Å². The van der Waals surface area contributed by atoms with Crippen LogP contribution in [0.5, 0.6) is 5.75 Å². The van der Waals surface area contributed by atoms with Gasteiger partial charge in [0.2, 0.25) is 0 Å². The van der Waals surface area contributed by atoms with Crippen LogP contribution in [0.15, 0.2) is 30.9 Å². The largest absolute Gasteiger partial charge is 0.491 e. The van der Waals surface area contributed by atoms with Gasteiger partial charge in [-0.25, -0.2) is 18.7 Å². The van der Waals surface area contributed by atoms with Gasteiger partial charge in [0.05, 0.1) is 7.11 Å². The highest BCUT2D eigenvalue weighted by atomic mass is 19.1. The predicted molar refractivity (Wildman–Crippen MR) is 53.9 cm³/mol. The highest BCUT2D eigenvalue weighted by Crippen LogP contribution is 2.27. The van der Waals surface area contributed by atoms with Gasteiger partial charge < -0.3 is 4.74 Å². The lowest BCUT2D eigenvalue weighted by Crippen LogP contribution is -1.94. The molecule has 0 spiro atoms. The first-order valence-corrected chi connectivity index (χ1v) is 4.51. The molecule has 0 amide bonds. The van der Waals surface area contributed by atoms with Gasteiger partial charge >= 0.3 is 0 Å². The van der Waals surface area contributed by atoms with Crippen molar-refractivity contribution in [2.24, 2.45) is 0 Å². The molecule has 0 saturated heterocycles. The Kier molecular flexibility index (Phi) is 2.76. The fourth-order valence-electron chi connectivity index (χ4n) is 1.37. The summed E-state index contributed by atoms with van der Waals surface area (Å²) in [6, 6.07) is 2.36. The number of benzene rings is 1. The molecule has 0 aliphatic carbocycles. The van der Waals surface area contributed by atoms with Crippen molar-refractivity contribution in [3.05, 3.63) is 42.5 Å². The molecule has 0 aliphatic rings. The normalized spacial score (nSPS) is 10.2. The van der Waals surface area contributed by atoms with Crippen molar-refractivity contribution < 1.29 is 13.5 Å². The molecule has 82 valence electrons. The lowest BCUT2D eigenvalue weighted by atomic mass is 10.1. The third kappa shape index (κ3) is 1.84. The summed E-state index contributed by atoms with van der Waals surface area (Å²) < 4.78 is 31.4. The lowest BCUT2D eigenvalue weighted by Gasteiger charge is -2.06. The van der Waals surface area contributed by atoms with Crippen LogP contribution in [0.25, 0.3) is 11.1 Å². The Morgan fingerprint density at radius 2 is 1.56 bits per heavy atom. The highest BCUT2D eigenvalue weighted by Gasteiger charge is 2.12. The van der Waals surface area contributed by atoms with Crippen molar-refractivity contribution in [3.63, 3.8) is 0 Å². The number of nitrogens with zero attached hydrogens (tertiary/aromatic N) is 2. The molecule has 0 bridgehead atoms. The van der Waals surface area contributed by atoms with Crippen LogP contribution in [0.4, 0.5) is 8.78 Å². The molecule has 0 saturated carbocycles. The number of hydrogen-bond acceptors (Lipinski definition) is 3. The minimum Gasteiger partial charge on any atom is -0.491 e. The molecule has 1 aromatic heterocycles. The van der Waals surface area contributed by atoms with Crippen molar-refractivity contribution in [2.75, 3.05) is 7.11 Å². The molecule has 1 heterocycles. The fourth-order valence-corrected chi connectivity index (χ4v) is 1.37. The Balaban J connectivity index is 2.53. The molecule has 0 atom stereocenters. The van der Waals surface area contributed by atoms with E-state index < -0.39 is 11.6 Å². The van der Waals surface area contributed by atoms with Gasteiger partial charge in [0.1, 0.15) is 6.33 Å². The van der Waals surface area contributed by atoms with Crippen LogP contribution in [-0.2, 0) is 0 Å². The summed E-state index contributed by atoms with van der Waals surface area (Å²) >= 11 is 0. The van der Waals surface area contributed by atoms with Crippen LogP contribution >= 0.6 is 0 Å². The third-order valence-electron chi connectivity index (χ3n) is 2.10. The summed E-state index contributed by atoms with van der Waals surface area (Å²) in [4.78, 5) is 7.55. The molecule has 1 aromatic carbocycles. The van der Waals surface area contributed by atoms with Crippen molar-refractivity contribution in [2.45, 2.75) is 0 Å². The Bertz CT molecular complexity index is 480. The second kappa shape index (κ2) is 4.22. The zero-order valence-corrected chi connectivity index (χ0v) is 8.45.